The van der Waals surface area contributed by atoms with Gasteiger partial charge in [-0.3, -0.25) is 0 Å². The lowest BCUT2D eigenvalue weighted by Gasteiger charge is -2.17. The summed E-state index contributed by atoms with van der Waals surface area (Å²) in [5.74, 6) is 1.33. The molecule has 2 rings (SSSR count). The third kappa shape index (κ3) is 4.73. The molecule has 2 aromatic carbocycles. The van der Waals surface area contributed by atoms with E-state index >= 15 is 0 Å². The number of hydrogen-bond acceptors (Lipinski definition) is 4. The Bertz CT molecular complexity index is 670. The molecule has 0 aliphatic carbocycles. The van der Waals surface area contributed by atoms with Gasteiger partial charge in [0.1, 0.15) is 6.61 Å². The smallest absolute Gasteiger partial charge is 0.161 e. The van der Waals surface area contributed by atoms with Crippen molar-refractivity contribution in [3.05, 3.63) is 58.7 Å². The van der Waals surface area contributed by atoms with Crippen molar-refractivity contribution in [2.45, 2.75) is 33.4 Å². The molecule has 0 aliphatic heterocycles. The molecule has 0 saturated carbocycles. The standard InChI is InChI=1S/C20H27NO3/c1-14-5-7-18(11-15(14)2)16(3)21-13-17-6-8-19(24-10-9-22)20(12-17)23-4/h5-8,11-12,16,21-22H,9-10,13H2,1-4H3. The largest absolute Gasteiger partial charge is 0.493 e. The first-order valence-electron chi connectivity index (χ1n) is 8.26. The van der Waals surface area contributed by atoms with Gasteiger partial charge in [0.25, 0.3) is 0 Å². The average Bonchev–Trinajstić information content (AvgIpc) is 2.60. The van der Waals surface area contributed by atoms with E-state index in [4.69, 9.17) is 14.6 Å². The van der Waals surface area contributed by atoms with Crippen LogP contribution >= 0.6 is 0 Å². The lowest BCUT2D eigenvalue weighted by molar-refractivity contribution is 0.196. The second kappa shape index (κ2) is 8.71. The first kappa shape index (κ1) is 18.3. The van der Waals surface area contributed by atoms with E-state index in [1.807, 2.05) is 18.2 Å². The Morgan fingerprint density at radius 1 is 1.04 bits per heavy atom. The first-order valence-corrected chi connectivity index (χ1v) is 8.26. The molecule has 0 heterocycles. The first-order chi connectivity index (χ1) is 11.5. The molecule has 0 aromatic heterocycles. The van der Waals surface area contributed by atoms with Gasteiger partial charge in [0, 0.05) is 12.6 Å². The number of methoxy groups -OCH3 is 1. The van der Waals surface area contributed by atoms with E-state index in [-0.39, 0.29) is 19.3 Å². The predicted molar refractivity (Wildman–Crippen MR) is 96.7 cm³/mol. The minimum atomic E-state index is -0.0139. The molecule has 0 aliphatic rings. The fourth-order valence-corrected chi connectivity index (χ4v) is 2.52. The topological polar surface area (TPSA) is 50.7 Å². The molecule has 1 atom stereocenters. The molecule has 0 spiro atoms. The van der Waals surface area contributed by atoms with Crippen LogP contribution in [0.1, 0.15) is 35.2 Å². The Labute approximate surface area is 144 Å². The zero-order valence-electron chi connectivity index (χ0n) is 14.9. The molecule has 4 nitrogen and oxygen atoms in total. The summed E-state index contributed by atoms with van der Waals surface area (Å²) in [5.41, 5.74) is 5.04. The van der Waals surface area contributed by atoms with Crippen molar-refractivity contribution in [1.29, 1.82) is 0 Å². The third-order valence-corrected chi connectivity index (χ3v) is 4.22. The van der Waals surface area contributed by atoms with Crippen molar-refractivity contribution < 1.29 is 14.6 Å². The van der Waals surface area contributed by atoms with Crippen molar-refractivity contribution in [2.75, 3.05) is 20.3 Å². The van der Waals surface area contributed by atoms with Gasteiger partial charge in [0.05, 0.1) is 13.7 Å². The summed E-state index contributed by atoms with van der Waals surface area (Å²) in [5, 5.41) is 12.4. The van der Waals surface area contributed by atoms with Crippen molar-refractivity contribution in [2.24, 2.45) is 0 Å². The summed E-state index contributed by atoms with van der Waals surface area (Å²) in [6, 6.07) is 12.7. The molecule has 24 heavy (non-hydrogen) atoms. The molecule has 0 bridgehead atoms. The van der Waals surface area contributed by atoms with E-state index in [2.05, 4.69) is 44.3 Å². The maximum atomic E-state index is 8.86. The SMILES string of the molecule is COc1cc(CNC(C)c2ccc(C)c(C)c2)ccc1OCCO. The van der Waals surface area contributed by atoms with E-state index in [0.29, 0.717) is 11.5 Å². The van der Waals surface area contributed by atoms with Crippen LogP contribution in [0.4, 0.5) is 0 Å². The van der Waals surface area contributed by atoms with Gasteiger partial charge in [-0.2, -0.15) is 0 Å². The second-order valence-corrected chi connectivity index (χ2v) is 6.00. The Morgan fingerprint density at radius 3 is 2.50 bits per heavy atom. The van der Waals surface area contributed by atoms with Gasteiger partial charge in [0.15, 0.2) is 11.5 Å². The highest BCUT2D eigenvalue weighted by molar-refractivity contribution is 5.43. The van der Waals surface area contributed by atoms with Crippen LogP contribution in [0.3, 0.4) is 0 Å². The van der Waals surface area contributed by atoms with Crippen LogP contribution in [0.5, 0.6) is 11.5 Å². The number of benzene rings is 2. The van der Waals surface area contributed by atoms with Crippen LogP contribution in [0.15, 0.2) is 36.4 Å². The summed E-state index contributed by atoms with van der Waals surface area (Å²) < 4.78 is 10.8. The van der Waals surface area contributed by atoms with Gasteiger partial charge in [-0.15, -0.1) is 0 Å². The Hall–Kier alpha value is -2.04. The summed E-state index contributed by atoms with van der Waals surface area (Å²) in [4.78, 5) is 0. The maximum absolute atomic E-state index is 8.86. The minimum absolute atomic E-state index is 0.0139. The molecule has 2 N–H and O–H groups in total. The number of aliphatic hydroxyl groups is 1. The van der Waals surface area contributed by atoms with E-state index in [1.165, 1.54) is 16.7 Å². The third-order valence-electron chi connectivity index (χ3n) is 4.22. The van der Waals surface area contributed by atoms with Crippen LogP contribution in [0.2, 0.25) is 0 Å². The zero-order chi connectivity index (χ0) is 17.5. The molecule has 0 fully saturated rings. The fraction of sp³-hybridized carbons (Fsp3) is 0.400. The van der Waals surface area contributed by atoms with Crippen LogP contribution in [-0.4, -0.2) is 25.4 Å². The molecule has 130 valence electrons. The molecule has 1 unspecified atom stereocenters. The van der Waals surface area contributed by atoms with Crippen LogP contribution in [0.25, 0.3) is 0 Å². The quantitative estimate of drug-likeness (QED) is 0.778. The highest BCUT2D eigenvalue weighted by Gasteiger charge is 2.09. The Morgan fingerprint density at radius 2 is 1.83 bits per heavy atom. The molecular weight excluding hydrogens is 302 g/mol. The molecule has 0 saturated heterocycles. The maximum Gasteiger partial charge on any atom is 0.161 e. The van der Waals surface area contributed by atoms with Gasteiger partial charge in [-0.05, 0) is 55.2 Å². The molecule has 2 aromatic rings. The predicted octanol–water partition coefficient (Wildman–Crippen LogP) is 3.53. The summed E-state index contributed by atoms with van der Waals surface area (Å²) in [6.07, 6.45) is 0. The summed E-state index contributed by atoms with van der Waals surface area (Å²) in [6.45, 7) is 7.42. The van der Waals surface area contributed by atoms with Crippen molar-refractivity contribution >= 4 is 0 Å². The summed E-state index contributed by atoms with van der Waals surface area (Å²) in [7, 11) is 1.62. The highest BCUT2D eigenvalue weighted by atomic mass is 16.5. The fourth-order valence-electron chi connectivity index (χ4n) is 2.52. The Kier molecular flexibility index (Phi) is 6.64. The molecule has 4 heteroatoms. The lowest BCUT2D eigenvalue weighted by Crippen LogP contribution is -2.18. The van der Waals surface area contributed by atoms with Gasteiger partial charge >= 0.3 is 0 Å². The number of aryl methyl sites for hydroxylation is 2. The van der Waals surface area contributed by atoms with Gasteiger partial charge in [0.2, 0.25) is 0 Å². The summed E-state index contributed by atoms with van der Waals surface area (Å²) >= 11 is 0. The lowest BCUT2D eigenvalue weighted by atomic mass is 10.0. The molecule has 0 radical (unpaired) electrons. The van der Waals surface area contributed by atoms with Gasteiger partial charge in [-0.1, -0.05) is 24.3 Å². The number of aliphatic hydroxyl groups excluding tert-OH is 1. The number of rotatable bonds is 8. The van der Waals surface area contributed by atoms with E-state index in [9.17, 15) is 0 Å². The van der Waals surface area contributed by atoms with Gasteiger partial charge < -0.3 is 19.9 Å². The number of nitrogens with one attached hydrogen (secondary N) is 1. The number of ether oxygens (including phenoxy) is 2. The van der Waals surface area contributed by atoms with Crippen molar-refractivity contribution in [3.8, 4) is 11.5 Å². The van der Waals surface area contributed by atoms with E-state index in [0.717, 1.165) is 12.1 Å². The van der Waals surface area contributed by atoms with Gasteiger partial charge in [-0.25, -0.2) is 0 Å². The highest BCUT2D eigenvalue weighted by Crippen LogP contribution is 2.28. The molecular formula is C20H27NO3. The molecule has 0 amide bonds. The van der Waals surface area contributed by atoms with Crippen molar-refractivity contribution in [3.63, 3.8) is 0 Å². The number of hydrogen-bond donors (Lipinski definition) is 2. The van der Waals surface area contributed by atoms with Crippen molar-refractivity contribution in [1.82, 2.24) is 5.32 Å². The van der Waals surface area contributed by atoms with E-state index in [1.54, 1.807) is 7.11 Å². The normalized spacial score (nSPS) is 12.0. The van der Waals surface area contributed by atoms with Crippen LogP contribution < -0.4 is 14.8 Å². The van der Waals surface area contributed by atoms with E-state index < -0.39 is 0 Å². The monoisotopic (exact) mass is 329 g/mol. The van der Waals surface area contributed by atoms with Crippen LogP contribution in [-0.2, 0) is 6.54 Å². The minimum Gasteiger partial charge on any atom is -0.493 e. The Balaban J connectivity index is 2.01. The zero-order valence-corrected chi connectivity index (χ0v) is 14.9. The van der Waals surface area contributed by atoms with Crippen LogP contribution in [0, 0.1) is 13.8 Å². The second-order valence-electron chi connectivity index (χ2n) is 6.00. The average molecular weight is 329 g/mol.